The fourth-order valence-electron chi connectivity index (χ4n) is 3.43. The van der Waals surface area contributed by atoms with Crippen LogP contribution in [-0.2, 0) is 6.42 Å². The van der Waals surface area contributed by atoms with Gasteiger partial charge in [0, 0.05) is 17.3 Å². The van der Waals surface area contributed by atoms with E-state index in [-0.39, 0.29) is 17.5 Å². The topological polar surface area (TPSA) is 128 Å². The number of rotatable bonds is 5. The SMILES string of the molecule is CCc1cnc(NC(=O)c2cccc3[nH]c(NC(=O)c4cc5ccccc5cn4)nc23)[nH]1. The highest BCUT2D eigenvalue weighted by atomic mass is 16.2. The number of H-pyrrole nitrogens is 2. The van der Waals surface area contributed by atoms with Gasteiger partial charge < -0.3 is 9.97 Å². The number of benzene rings is 2. The Bertz CT molecular complexity index is 1470. The number of hydrogen-bond acceptors (Lipinski definition) is 5. The van der Waals surface area contributed by atoms with Crippen LogP contribution < -0.4 is 10.6 Å². The minimum Gasteiger partial charge on any atom is -0.328 e. The maximum Gasteiger partial charge on any atom is 0.276 e. The van der Waals surface area contributed by atoms with Crippen molar-refractivity contribution < 1.29 is 9.59 Å². The molecule has 0 radical (unpaired) electrons. The van der Waals surface area contributed by atoms with Crippen molar-refractivity contribution in [2.24, 2.45) is 0 Å². The number of carbonyl (C=O) groups is 2. The number of amides is 2. The number of fused-ring (bicyclic) bond motifs is 2. The molecule has 2 aromatic carbocycles. The van der Waals surface area contributed by atoms with Crippen LogP contribution in [-0.4, -0.2) is 36.7 Å². The first-order valence-corrected chi connectivity index (χ1v) is 10.1. The Hall–Kier alpha value is -4.53. The zero-order valence-electron chi connectivity index (χ0n) is 17.1. The molecule has 0 aliphatic rings. The number of aryl methyl sites for hydroxylation is 1. The third kappa shape index (κ3) is 3.67. The number of para-hydroxylation sites is 1. The maximum atomic E-state index is 12.8. The predicted molar refractivity (Wildman–Crippen MR) is 122 cm³/mol. The van der Waals surface area contributed by atoms with E-state index >= 15 is 0 Å². The molecule has 5 aromatic rings. The second kappa shape index (κ2) is 7.95. The zero-order valence-corrected chi connectivity index (χ0v) is 17.1. The first-order valence-electron chi connectivity index (χ1n) is 10.1. The molecule has 158 valence electrons. The first-order chi connectivity index (χ1) is 15.6. The van der Waals surface area contributed by atoms with Gasteiger partial charge >= 0.3 is 0 Å². The lowest BCUT2D eigenvalue weighted by Gasteiger charge is -2.03. The number of carbonyl (C=O) groups excluding carboxylic acids is 2. The van der Waals surface area contributed by atoms with Gasteiger partial charge in [0.25, 0.3) is 11.8 Å². The first kappa shape index (κ1) is 19.4. The van der Waals surface area contributed by atoms with Crippen LogP contribution in [0.1, 0.15) is 33.5 Å². The van der Waals surface area contributed by atoms with Crippen molar-refractivity contribution in [3.63, 3.8) is 0 Å². The maximum absolute atomic E-state index is 12.8. The fraction of sp³-hybridized carbons (Fsp3) is 0.0870. The van der Waals surface area contributed by atoms with Crippen LogP contribution in [0.15, 0.2) is 60.9 Å². The zero-order chi connectivity index (χ0) is 22.1. The lowest BCUT2D eigenvalue weighted by atomic mass is 10.1. The summed E-state index contributed by atoms with van der Waals surface area (Å²) in [7, 11) is 0. The fourth-order valence-corrected chi connectivity index (χ4v) is 3.43. The Morgan fingerprint density at radius 3 is 2.50 bits per heavy atom. The van der Waals surface area contributed by atoms with E-state index in [1.54, 1.807) is 36.7 Å². The van der Waals surface area contributed by atoms with Crippen molar-refractivity contribution in [2.75, 3.05) is 10.6 Å². The molecule has 0 aliphatic carbocycles. The standard InChI is InChI=1S/C23H19N7O2/c1-2-15-12-25-22(26-15)29-20(31)16-8-5-9-17-19(16)28-23(27-17)30-21(32)18-10-13-6-3-4-7-14(13)11-24-18/h3-12H,2H2,1H3,(H2,25,26,29,31)(H2,27,28,30,32). The summed E-state index contributed by atoms with van der Waals surface area (Å²) in [6.07, 6.45) is 4.12. The number of hydrogen-bond donors (Lipinski definition) is 4. The Balaban J connectivity index is 1.39. The van der Waals surface area contributed by atoms with Gasteiger partial charge in [-0.05, 0) is 30.0 Å². The van der Waals surface area contributed by atoms with Crippen LogP contribution in [0.5, 0.6) is 0 Å². The molecule has 9 nitrogen and oxygen atoms in total. The van der Waals surface area contributed by atoms with Crippen LogP contribution >= 0.6 is 0 Å². The number of aromatic amines is 2. The van der Waals surface area contributed by atoms with Crippen molar-refractivity contribution in [3.8, 4) is 0 Å². The van der Waals surface area contributed by atoms with Crippen LogP contribution in [0.25, 0.3) is 21.8 Å². The Kier molecular flexibility index (Phi) is 4.83. The van der Waals surface area contributed by atoms with E-state index in [9.17, 15) is 9.59 Å². The molecule has 3 aromatic heterocycles. The molecule has 9 heteroatoms. The van der Waals surface area contributed by atoms with Crippen molar-refractivity contribution in [1.82, 2.24) is 24.9 Å². The third-order valence-electron chi connectivity index (χ3n) is 5.09. The van der Waals surface area contributed by atoms with E-state index < -0.39 is 5.91 Å². The van der Waals surface area contributed by atoms with Crippen molar-refractivity contribution in [1.29, 1.82) is 0 Å². The summed E-state index contributed by atoms with van der Waals surface area (Å²) in [6, 6.07) is 14.6. The molecule has 0 unspecified atom stereocenters. The van der Waals surface area contributed by atoms with E-state index in [1.165, 1.54) is 0 Å². The number of anilines is 2. The molecule has 0 saturated heterocycles. The highest BCUT2D eigenvalue weighted by Crippen LogP contribution is 2.21. The molecule has 4 N–H and O–H groups in total. The third-order valence-corrected chi connectivity index (χ3v) is 5.09. The number of pyridine rings is 1. The average Bonchev–Trinajstić information content (AvgIpc) is 3.44. The van der Waals surface area contributed by atoms with Gasteiger partial charge in [-0.2, -0.15) is 0 Å². The minimum absolute atomic E-state index is 0.228. The second-order valence-corrected chi connectivity index (χ2v) is 7.22. The van der Waals surface area contributed by atoms with E-state index in [2.05, 4.69) is 35.6 Å². The molecular weight excluding hydrogens is 406 g/mol. The van der Waals surface area contributed by atoms with Gasteiger partial charge in [-0.3, -0.25) is 25.2 Å². The molecule has 0 fully saturated rings. The monoisotopic (exact) mass is 425 g/mol. The number of aromatic nitrogens is 5. The second-order valence-electron chi connectivity index (χ2n) is 7.22. The quantitative estimate of drug-likeness (QED) is 0.339. The molecule has 0 aliphatic heterocycles. The number of imidazole rings is 2. The Labute approximate surface area is 182 Å². The molecule has 32 heavy (non-hydrogen) atoms. The van der Waals surface area contributed by atoms with E-state index in [4.69, 9.17) is 0 Å². The summed E-state index contributed by atoms with van der Waals surface area (Å²) in [5, 5.41) is 7.33. The van der Waals surface area contributed by atoms with Gasteiger partial charge in [0.15, 0.2) is 0 Å². The predicted octanol–water partition coefficient (Wildman–Crippen LogP) is 3.90. The smallest absolute Gasteiger partial charge is 0.276 e. The molecule has 3 heterocycles. The molecule has 5 rings (SSSR count). The van der Waals surface area contributed by atoms with Gasteiger partial charge in [0.05, 0.1) is 17.3 Å². The summed E-state index contributed by atoms with van der Waals surface area (Å²) in [5.41, 5.74) is 2.61. The van der Waals surface area contributed by atoms with Crippen LogP contribution in [0.3, 0.4) is 0 Å². The average molecular weight is 425 g/mol. The van der Waals surface area contributed by atoms with Crippen molar-refractivity contribution in [3.05, 3.63) is 77.9 Å². The summed E-state index contributed by atoms with van der Waals surface area (Å²) in [4.78, 5) is 44.4. The van der Waals surface area contributed by atoms with Gasteiger partial charge in [-0.25, -0.2) is 9.97 Å². The van der Waals surface area contributed by atoms with Crippen LogP contribution in [0.4, 0.5) is 11.9 Å². The van der Waals surface area contributed by atoms with Crippen molar-refractivity contribution in [2.45, 2.75) is 13.3 Å². The lowest BCUT2D eigenvalue weighted by Crippen LogP contribution is -2.15. The largest absolute Gasteiger partial charge is 0.328 e. The van der Waals surface area contributed by atoms with Gasteiger partial charge in [0.1, 0.15) is 11.2 Å². The van der Waals surface area contributed by atoms with E-state index in [0.29, 0.717) is 22.5 Å². The van der Waals surface area contributed by atoms with E-state index in [1.807, 2.05) is 31.2 Å². The summed E-state index contributed by atoms with van der Waals surface area (Å²) >= 11 is 0. The summed E-state index contributed by atoms with van der Waals surface area (Å²) in [5.74, 6) is -0.154. The Morgan fingerprint density at radius 1 is 0.875 bits per heavy atom. The normalized spacial score (nSPS) is 11.0. The molecule has 0 saturated carbocycles. The molecular formula is C23H19N7O2. The molecule has 0 bridgehead atoms. The van der Waals surface area contributed by atoms with Gasteiger partial charge in [-0.1, -0.05) is 37.3 Å². The van der Waals surface area contributed by atoms with Crippen LogP contribution in [0.2, 0.25) is 0 Å². The highest BCUT2D eigenvalue weighted by Gasteiger charge is 2.17. The minimum atomic E-state index is -0.400. The van der Waals surface area contributed by atoms with Crippen LogP contribution in [0, 0.1) is 0 Å². The molecule has 0 spiro atoms. The summed E-state index contributed by atoms with van der Waals surface area (Å²) < 4.78 is 0. The lowest BCUT2D eigenvalue weighted by molar-refractivity contribution is 0.101. The van der Waals surface area contributed by atoms with Crippen molar-refractivity contribution >= 4 is 45.5 Å². The molecule has 0 atom stereocenters. The highest BCUT2D eigenvalue weighted by molar-refractivity contribution is 6.11. The summed E-state index contributed by atoms with van der Waals surface area (Å²) in [6.45, 7) is 1.99. The number of nitrogens with one attached hydrogen (secondary N) is 4. The van der Waals surface area contributed by atoms with Gasteiger partial charge in [-0.15, -0.1) is 0 Å². The van der Waals surface area contributed by atoms with Gasteiger partial charge in [0.2, 0.25) is 11.9 Å². The molecule has 2 amide bonds. The Morgan fingerprint density at radius 2 is 1.69 bits per heavy atom. The van der Waals surface area contributed by atoms with E-state index in [0.717, 1.165) is 22.9 Å². The number of nitrogens with zero attached hydrogens (tertiary/aromatic N) is 3.